The molecule has 152 valence electrons. The standard InChI is InChI=1S/C19H23ClN2O4S2/c1-2-26-19(23)17-13-27-18(21-17)12-22(15-6-4-3-5-7-15)28(24,25)16-10-8-14(20)9-11-16/h8-11,13,15H,2-7,12H2,1H3. The molecule has 6 nitrogen and oxygen atoms in total. The number of benzene rings is 1. The second-order valence-electron chi connectivity index (χ2n) is 6.64. The quantitative estimate of drug-likeness (QED) is 0.590. The number of halogens is 1. The van der Waals surface area contributed by atoms with E-state index in [1.165, 1.54) is 27.8 Å². The van der Waals surface area contributed by atoms with E-state index in [9.17, 15) is 13.2 Å². The zero-order valence-electron chi connectivity index (χ0n) is 15.6. The van der Waals surface area contributed by atoms with Crippen molar-refractivity contribution in [2.24, 2.45) is 0 Å². The van der Waals surface area contributed by atoms with Crippen molar-refractivity contribution in [3.05, 3.63) is 45.4 Å². The van der Waals surface area contributed by atoms with Crippen LogP contribution in [0.25, 0.3) is 0 Å². The lowest BCUT2D eigenvalue weighted by molar-refractivity contribution is 0.0520. The van der Waals surface area contributed by atoms with Crippen molar-refractivity contribution >= 4 is 38.9 Å². The van der Waals surface area contributed by atoms with E-state index in [-0.39, 0.29) is 29.8 Å². The summed E-state index contributed by atoms with van der Waals surface area (Å²) >= 11 is 7.19. The summed E-state index contributed by atoms with van der Waals surface area (Å²) in [6.45, 7) is 2.14. The fraction of sp³-hybridized carbons (Fsp3) is 0.474. The Morgan fingerprint density at radius 1 is 1.25 bits per heavy atom. The smallest absolute Gasteiger partial charge is 0.357 e. The molecule has 1 aromatic heterocycles. The second-order valence-corrected chi connectivity index (χ2v) is 9.91. The predicted octanol–water partition coefficient (Wildman–Crippen LogP) is 4.50. The number of aromatic nitrogens is 1. The summed E-state index contributed by atoms with van der Waals surface area (Å²) in [7, 11) is -3.71. The van der Waals surface area contributed by atoms with Gasteiger partial charge in [0.05, 0.1) is 18.0 Å². The van der Waals surface area contributed by atoms with Crippen molar-refractivity contribution in [2.75, 3.05) is 6.61 Å². The lowest BCUT2D eigenvalue weighted by atomic mass is 9.95. The van der Waals surface area contributed by atoms with Gasteiger partial charge in [0, 0.05) is 16.4 Å². The summed E-state index contributed by atoms with van der Waals surface area (Å²) < 4.78 is 33.2. The topological polar surface area (TPSA) is 76.6 Å². The monoisotopic (exact) mass is 442 g/mol. The van der Waals surface area contributed by atoms with Gasteiger partial charge in [-0.05, 0) is 44.0 Å². The van der Waals surface area contributed by atoms with Gasteiger partial charge >= 0.3 is 5.97 Å². The highest BCUT2D eigenvalue weighted by Gasteiger charge is 2.33. The maximum Gasteiger partial charge on any atom is 0.357 e. The molecule has 9 heteroatoms. The number of ether oxygens (including phenoxy) is 1. The van der Waals surface area contributed by atoms with Crippen LogP contribution in [0, 0.1) is 0 Å². The van der Waals surface area contributed by atoms with Crippen molar-refractivity contribution in [1.82, 2.24) is 9.29 Å². The number of hydrogen-bond acceptors (Lipinski definition) is 6. The number of thiazole rings is 1. The molecule has 0 atom stereocenters. The Kier molecular flexibility index (Phi) is 7.09. The van der Waals surface area contributed by atoms with Gasteiger partial charge in [-0.3, -0.25) is 0 Å². The summed E-state index contributed by atoms with van der Waals surface area (Å²) in [4.78, 5) is 16.4. The van der Waals surface area contributed by atoms with Gasteiger partial charge in [-0.2, -0.15) is 4.31 Å². The first kappa shape index (κ1) is 21.2. The molecular formula is C19H23ClN2O4S2. The Morgan fingerprint density at radius 3 is 2.57 bits per heavy atom. The Morgan fingerprint density at radius 2 is 1.93 bits per heavy atom. The Balaban J connectivity index is 1.89. The number of hydrogen-bond donors (Lipinski definition) is 0. The van der Waals surface area contributed by atoms with E-state index in [0.29, 0.717) is 10.0 Å². The van der Waals surface area contributed by atoms with Gasteiger partial charge in [0.15, 0.2) is 5.69 Å². The second kappa shape index (κ2) is 9.35. The van der Waals surface area contributed by atoms with Crippen LogP contribution in [-0.2, 0) is 21.3 Å². The first-order chi connectivity index (χ1) is 13.4. The maximum absolute atomic E-state index is 13.4. The van der Waals surface area contributed by atoms with Gasteiger partial charge in [-0.25, -0.2) is 18.2 Å². The number of nitrogens with zero attached hydrogens (tertiary/aromatic N) is 2. The van der Waals surface area contributed by atoms with Gasteiger partial charge in [-0.1, -0.05) is 30.9 Å². The first-order valence-corrected chi connectivity index (χ1v) is 12.0. The lowest BCUT2D eigenvalue weighted by Gasteiger charge is -2.33. The van der Waals surface area contributed by atoms with Crippen LogP contribution in [0.4, 0.5) is 0 Å². The fourth-order valence-electron chi connectivity index (χ4n) is 3.34. The average Bonchev–Trinajstić information content (AvgIpc) is 3.16. The summed E-state index contributed by atoms with van der Waals surface area (Å²) in [6.07, 6.45) is 4.77. The Hall–Kier alpha value is -1.48. The molecule has 1 heterocycles. The normalized spacial score (nSPS) is 15.7. The van der Waals surface area contributed by atoms with Gasteiger partial charge in [0.1, 0.15) is 5.01 Å². The zero-order valence-corrected chi connectivity index (χ0v) is 18.0. The molecule has 0 saturated heterocycles. The largest absolute Gasteiger partial charge is 0.461 e. The van der Waals surface area contributed by atoms with E-state index in [1.54, 1.807) is 24.4 Å². The number of esters is 1. The first-order valence-electron chi connectivity index (χ1n) is 9.30. The molecular weight excluding hydrogens is 420 g/mol. The molecule has 3 rings (SSSR count). The third-order valence-corrected chi connectivity index (χ3v) is 7.73. The van der Waals surface area contributed by atoms with E-state index in [4.69, 9.17) is 16.3 Å². The molecule has 2 aromatic rings. The van der Waals surface area contributed by atoms with Crippen molar-refractivity contribution < 1.29 is 17.9 Å². The number of sulfonamides is 1. The lowest BCUT2D eigenvalue weighted by Crippen LogP contribution is -2.40. The van der Waals surface area contributed by atoms with Crippen molar-refractivity contribution in [1.29, 1.82) is 0 Å². The molecule has 1 aliphatic rings. The van der Waals surface area contributed by atoms with Crippen LogP contribution in [0.5, 0.6) is 0 Å². The molecule has 0 unspecified atom stereocenters. The van der Waals surface area contributed by atoms with E-state index in [0.717, 1.165) is 32.1 Å². The molecule has 1 aromatic carbocycles. The molecule has 0 spiro atoms. The molecule has 1 fully saturated rings. The fourth-order valence-corrected chi connectivity index (χ4v) is 5.95. The van der Waals surface area contributed by atoms with Crippen molar-refractivity contribution in [3.8, 4) is 0 Å². The highest BCUT2D eigenvalue weighted by molar-refractivity contribution is 7.89. The van der Waals surface area contributed by atoms with E-state index >= 15 is 0 Å². The number of carbonyl (C=O) groups excluding carboxylic acids is 1. The molecule has 1 saturated carbocycles. The minimum absolute atomic E-state index is 0.0793. The van der Waals surface area contributed by atoms with Crippen LogP contribution in [0.3, 0.4) is 0 Å². The average molecular weight is 443 g/mol. The van der Waals surface area contributed by atoms with E-state index in [2.05, 4.69) is 4.98 Å². The third kappa shape index (κ3) is 4.92. The molecule has 0 aliphatic heterocycles. The molecule has 0 radical (unpaired) electrons. The van der Waals surface area contributed by atoms with Crippen LogP contribution >= 0.6 is 22.9 Å². The summed E-state index contributed by atoms with van der Waals surface area (Å²) in [5.41, 5.74) is 0.217. The van der Waals surface area contributed by atoms with E-state index < -0.39 is 16.0 Å². The third-order valence-electron chi connectivity index (χ3n) is 4.73. The Labute approximate surface area is 174 Å². The summed E-state index contributed by atoms with van der Waals surface area (Å²) in [5.74, 6) is -0.491. The van der Waals surface area contributed by atoms with E-state index in [1.807, 2.05) is 0 Å². The number of carbonyl (C=O) groups is 1. The van der Waals surface area contributed by atoms with Crippen molar-refractivity contribution in [3.63, 3.8) is 0 Å². The highest BCUT2D eigenvalue weighted by Crippen LogP contribution is 2.30. The van der Waals surface area contributed by atoms with Crippen LogP contribution < -0.4 is 0 Å². The van der Waals surface area contributed by atoms with Crippen LogP contribution in [-0.4, -0.2) is 36.3 Å². The minimum atomic E-state index is -3.71. The molecule has 0 N–H and O–H groups in total. The molecule has 0 amide bonds. The molecule has 28 heavy (non-hydrogen) atoms. The predicted molar refractivity (Wildman–Crippen MR) is 109 cm³/mol. The summed E-state index contributed by atoms with van der Waals surface area (Å²) in [6, 6.07) is 6.13. The summed E-state index contributed by atoms with van der Waals surface area (Å²) in [5, 5.41) is 2.68. The SMILES string of the molecule is CCOC(=O)c1csc(CN(C2CCCCC2)S(=O)(=O)c2ccc(Cl)cc2)n1. The van der Waals surface area contributed by atoms with Gasteiger partial charge in [0.2, 0.25) is 10.0 Å². The van der Waals surface area contributed by atoms with Gasteiger partial charge in [-0.15, -0.1) is 11.3 Å². The number of rotatable bonds is 7. The van der Waals surface area contributed by atoms with Crippen LogP contribution in [0.2, 0.25) is 5.02 Å². The van der Waals surface area contributed by atoms with Gasteiger partial charge < -0.3 is 4.74 Å². The van der Waals surface area contributed by atoms with Crippen molar-refractivity contribution in [2.45, 2.75) is 56.5 Å². The highest BCUT2D eigenvalue weighted by atomic mass is 35.5. The maximum atomic E-state index is 13.4. The Bertz CT molecular complexity index is 906. The molecule has 1 aliphatic carbocycles. The minimum Gasteiger partial charge on any atom is -0.461 e. The molecule has 0 bridgehead atoms. The zero-order chi connectivity index (χ0) is 20.1. The van der Waals surface area contributed by atoms with Gasteiger partial charge in [0.25, 0.3) is 0 Å². The van der Waals surface area contributed by atoms with Crippen LogP contribution in [0.15, 0.2) is 34.5 Å². The van der Waals surface area contributed by atoms with Crippen LogP contribution in [0.1, 0.15) is 54.5 Å².